The SMILES string of the molecule is CCn1nc(-c2ccc(Br)c(O)c2)ccc1=O. The Morgan fingerprint density at radius 3 is 2.76 bits per heavy atom. The molecule has 2 aromatic rings. The van der Waals surface area contributed by atoms with Crippen molar-refractivity contribution in [2.24, 2.45) is 0 Å². The van der Waals surface area contributed by atoms with Gasteiger partial charge >= 0.3 is 0 Å². The van der Waals surface area contributed by atoms with E-state index in [0.29, 0.717) is 16.7 Å². The van der Waals surface area contributed by atoms with Gasteiger partial charge in [0.05, 0.1) is 10.2 Å². The highest BCUT2D eigenvalue weighted by molar-refractivity contribution is 9.10. The summed E-state index contributed by atoms with van der Waals surface area (Å²) in [5.74, 6) is 0.151. The van der Waals surface area contributed by atoms with Crippen LogP contribution >= 0.6 is 15.9 Å². The summed E-state index contributed by atoms with van der Waals surface area (Å²) in [5.41, 5.74) is 1.31. The molecule has 1 heterocycles. The van der Waals surface area contributed by atoms with E-state index >= 15 is 0 Å². The second kappa shape index (κ2) is 4.71. The van der Waals surface area contributed by atoms with Crippen LogP contribution in [0, 0.1) is 0 Å². The summed E-state index contributed by atoms with van der Waals surface area (Å²) in [5, 5.41) is 13.8. The molecule has 88 valence electrons. The van der Waals surface area contributed by atoms with Crippen LogP contribution in [0.4, 0.5) is 0 Å². The summed E-state index contributed by atoms with van der Waals surface area (Å²) < 4.78 is 2.01. The first kappa shape index (κ1) is 11.9. The van der Waals surface area contributed by atoms with Gasteiger partial charge in [-0.1, -0.05) is 6.07 Å². The molecule has 0 atom stereocenters. The number of phenols is 1. The van der Waals surface area contributed by atoms with Crippen molar-refractivity contribution in [2.75, 3.05) is 0 Å². The van der Waals surface area contributed by atoms with Gasteiger partial charge in [0.1, 0.15) is 5.75 Å². The smallest absolute Gasteiger partial charge is 0.266 e. The lowest BCUT2D eigenvalue weighted by Gasteiger charge is -2.05. The van der Waals surface area contributed by atoms with E-state index in [1.54, 1.807) is 18.2 Å². The molecule has 0 radical (unpaired) electrons. The van der Waals surface area contributed by atoms with E-state index in [2.05, 4.69) is 21.0 Å². The van der Waals surface area contributed by atoms with Crippen LogP contribution in [0.2, 0.25) is 0 Å². The highest BCUT2D eigenvalue weighted by Crippen LogP contribution is 2.28. The van der Waals surface area contributed by atoms with Gasteiger partial charge in [-0.15, -0.1) is 0 Å². The van der Waals surface area contributed by atoms with Gasteiger partial charge < -0.3 is 5.11 Å². The number of rotatable bonds is 2. The maximum absolute atomic E-state index is 11.4. The molecule has 0 aliphatic carbocycles. The average molecular weight is 295 g/mol. The van der Waals surface area contributed by atoms with Crippen molar-refractivity contribution < 1.29 is 5.11 Å². The van der Waals surface area contributed by atoms with Gasteiger partial charge in [-0.25, -0.2) is 4.68 Å². The normalized spacial score (nSPS) is 10.5. The van der Waals surface area contributed by atoms with E-state index in [4.69, 9.17) is 0 Å². The number of benzene rings is 1. The lowest BCUT2D eigenvalue weighted by Crippen LogP contribution is -2.20. The van der Waals surface area contributed by atoms with E-state index in [9.17, 15) is 9.90 Å². The molecule has 5 heteroatoms. The topological polar surface area (TPSA) is 55.1 Å². The first-order valence-corrected chi connectivity index (χ1v) is 5.98. The third-order valence-corrected chi connectivity index (χ3v) is 3.08. The molecule has 0 aliphatic heterocycles. The Bertz CT molecular complexity index is 608. The zero-order valence-electron chi connectivity index (χ0n) is 9.22. The van der Waals surface area contributed by atoms with Crippen molar-refractivity contribution >= 4 is 15.9 Å². The van der Waals surface area contributed by atoms with Crippen LogP contribution in [0.1, 0.15) is 6.92 Å². The molecule has 0 bridgehead atoms. The van der Waals surface area contributed by atoms with Crippen LogP contribution < -0.4 is 5.56 Å². The number of hydrogen-bond acceptors (Lipinski definition) is 3. The summed E-state index contributed by atoms with van der Waals surface area (Å²) in [6.45, 7) is 2.38. The predicted octanol–water partition coefficient (Wildman–Crippen LogP) is 2.40. The molecule has 1 N–H and O–H groups in total. The molecule has 1 aromatic carbocycles. The first-order chi connectivity index (χ1) is 8.11. The molecule has 17 heavy (non-hydrogen) atoms. The Kier molecular flexibility index (Phi) is 3.28. The number of aryl methyl sites for hydroxylation is 1. The number of aromatic nitrogens is 2. The molecule has 1 aromatic heterocycles. The van der Waals surface area contributed by atoms with Crippen LogP contribution in [0.25, 0.3) is 11.3 Å². The Balaban J connectivity index is 2.53. The van der Waals surface area contributed by atoms with E-state index in [1.165, 1.54) is 10.7 Å². The third kappa shape index (κ3) is 2.39. The number of nitrogens with zero attached hydrogens (tertiary/aromatic N) is 2. The second-order valence-corrected chi connectivity index (χ2v) is 4.39. The number of phenolic OH excluding ortho intramolecular Hbond substituents is 1. The van der Waals surface area contributed by atoms with Crippen LogP contribution in [0.15, 0.2) is 39.6 Å². The summed E-state index contributed by atoms with van der Waals surface area (Å²) in [7, 11) is 0. The molecule has 0 aliphatic rings. The zero-order chi connectivity index (χ0) is 12.4. The fourth-order valence-electron chi connectivity index (χ4n) is 1.50. The Morgan fingerprint density at radius 1 is 1.35 bits per heavy atom. The largest absolute Gasteiger partial charge is 0.507 e. The maximum atomic E-state index is 11.4. The quantitative estimate of drug-likeness (QED) is 0.925. The zero-order valence-corrected chi connectivity index (χ0v) is 10.8. The van der Waals surface area contributed by atoms with E-state index in [1.807, 2.05) is 13.0 Å². The molecular formula is C12H11BrN2O2. The molecule has 0 saturated carbocycles. The van der Waals surface area contributed by atoms with Gasteiger partial charge in [-0.3, -0.25) is 4.79 Å². The monoisotopic (exact) mass is 294 g/mol. The van der Waals surface area contributed by atoms with Crippen molar-refractivity contribution in [2.45, 2.75) is 13.5 Å². The molecule has 0 spiro atoms. The molecule has 0 fully saturated rings. The van der Waals surface area contributed by atoms with Gasteiger partial charge in [0.15, 0.2) is 0 Å². The van der Waals surface area contributed by atoms with Gasteiger partial charge in [0.25, 0.3) is 5.56 Å². The van der Waals surface area contributed by atoms with Crippen molar-refractivity contribution in [3.63, 3.8) is 0 Å². The van der Waals surface area contributed by atoms with E-state index in [0.717, 1.165) is 5.56 Å². The first-order valence-electron chi connectivity index (χ1n) is 5.19. The fraction of sp³-hybridized carbons (Fsp3) is 0.167. The molecule has 0 unspecified atom stereocenters. The molecular weight excluding hydrogens is 284 g/mol. The lowest BCUT2D eigenvalue weighted by atomic mass is 10.1. The second-order valence-electron chi connectivity index (χ2n) is 3.54. The Morgan fingerprint density at radius 2 is 2.12 bits per heavy atom. The minimum Gasteiger partial charge on any atom is -0.507 e. The molecule has 4 nitrogen and oxygen atoms in total. The number of hydrogen-bond donors (Lipinski definition) is 1. The van der Waals surface area contributed by atoms with E-state index < -0.39 is 0 Å². The summed E-state index contributed by atoms with van der Waals surface area (Å²) in [4.78, 5) is 11.4. The van der Waals surface area contributed by atoms with Crippen molar-refractivity contribution in [1.82, 2.24) is 9.78 Å². The maximum Gasteiger partial charge on any atom is 0.266 e. The average Bonchev–Trinajstić information content (AvgIpc) is 2.33. The van der Waals surface area contributed by atoms with Gasteiger partial charge in [-0.2, -0.15) is 5.10 Å². The predicted molar refractivity (Wildman–Crippen MR) is 69.0 cm³/mol. The summed E-state index contributed by atoms with van der Waals surface area (Å²) in [6.07, 6.45) is 0. The minimum atomic E-state index is -0.127. The number of aromatic hydroxyl groups is 1. The lowest BCUT2D eigenvalue weighted by molar-refractivity contribution is 0.472. The Hall–Kier alpha value is -1.62. The summed E-state index contributed by atoms with van der Waals surface area (Å²) in [6, 6.07) is 8.31. The van der Waals surface area contributed by atoms with Gasteiger partial charge in [0, 0.05) is 18.2 Å². The van der Waals surface area contributed by atoms with Crippen LogP contribution in [-0.2, 0) is 6.54 Å². The fourth-order valence-corrected chi connectivity index (χ4v) is 1.75. The molecule has 0 saturated heterocycles. The van der Waals surface area contributed by atoms with Crippen molar-refractivity contribution in [1.29, 1.82) is 0 Å². The van der Waals surface area contributed by atoms with Crippen molar-refractivity contribution in [3.05, 3.63) is 45.2 Å². The van der Waals surface area contributed by atoms with Gasteiger partial charge in [0.2, 0.25) is 0 Å². The Labute approximate surface area is 107 Å². The number of halogens is 1. The van der Waals surface area contributed by atoms with Crippen LogP contribution in [-0.4, -0.2) is 14.9 Å². The van der Waals surface area contributed by atoms with Gasteiger partial charge in [-0.05, 0) is 41.1 Å². The van der Waals surface area contributed by atoms with Crippen LogP contribution in [0.5, 0.6) is 5.75 Å². The molecule has 2 rings (SSSR count). The van der Waals surface area contributed by atoms with Crippen LogP contribution in [0.3, 0.4) is 0 Å². The van der Waals surface area contributed by atoms with E-state index in [-0.39, 0.29) is 11.3 Å². The summed E-state index contributed by atoms with van der Waals surface area (Å²) >= 11 is 3.22. The molecule has 0 amide bonds. The third-order valence-electron chi connectivity index (χ3n) is 2.41. The standard InChI is InChI=1S/C12H11BrN2O2/c1-2-15-12(17)6-5-10(14-15)8-3-4-9(13)11(16)7-8/h3-7,16H,2H2,1H3. The van der Waals surface area contributed by atoms with Crippen molar-refractivity contribution in [3.8, 4) is 17.0 Å². The highest BCUT2D eigenvalue weighted by Gasteiger charge is 2.05. The highest BCUT2D eigenvalue weighted by atomic mass is 79.9. The minimum absolute atomic E-state index is 0.127.